The van der Waals surface area contributed by atoms with E-state index in [9.17, 15) is 9.59 Å². The van der Waals surface area contributed by atoms with Gasteiger partial charge in [0.1, 0.15) is 17.7 Å². The number of nitrogens with two attached hydrogens (primary N) is 2. The first-order chi connectivity index (χ1) is 23.4. The molecule has 0 bridgehead atoms. The molecule has 6 N–H and O–H groups in total. The molecule has 10 heteroatoms. The van der Waals surface area contributed by atoms with Crippen molar-refractivity contribution in [1.29, 1.82) is 0 Å². The Morgan fingerprint density at radius 3 is 1.38 bits per heavy atom. The summed E-state index contributed by atoms with van der Waals surface area (Å²) in [6, 6.07) is 15.8. The van der Waals surface area contributed by atoms with E-state index in [-0.39, 0.29) is 23.2 Å². The normalized spacial score (nSPS) is 25.2. The van der Waals surface area contributed by atoms with E-state index in [1.165, 1.54) is 60.3 Å². The number of fused-ring (bicyclic) bond motifs is 2. The van der Waals surface area contributed by atoms with Gasteiger partial charge in [-0.3, -0.25) is 19.4 Å². The van der Waals surface area contributed by atoms with E-state index in [1.807, 2.05) is 12.1 Å². The third kappa shape index (κ3) is 7.78. The van der Waals surface area contributed by atoms with Gasteiger partial charge < -0.3 is 22.1 Å². The smallest absolute Gasteiger partial charge is 0.274 e. The third-order valence-electron chi connectivity index (χ3n) is 11.2. The lowest BCUT2D eigenvalue weighted by Crippen LogP contribution is -2.42. The van der Waals surface area contributed by atoms with Gasteiger partial charge in [-0.15, -0.1) is 0 Å². The van der Waals surface area contributed by atoms with Crippen molar-refractivity contribution in [1.82, 2.24) is 19.8 Å². The summed E-state index contributed by atoms with van der Waals surface area (Å²) in [5.41, 5.74) is 19.3. The van der Waals surface area contributed by atoms with E-state index in [1.54, 1.807) is 0 Å². The molecule has 254 valence electrons. The predicted octanol–water partition coefficient (Wildman–Crippen LogP) is 4.32. The van der Waals surface area contributed by atoms with Gasteiger partial charge in [0.25, 0.3) is 11.8 Å². The van der Waals surface area contributed by atoms with E-state index in [2.05, 4.69) is 54.7 Å². The Morgan fingerprint density at radius 2 is 0.958 bits per heavy atom. The first kappa shape index (κ1) is 32.8. The van der Waals surface area contributed by atoms with Crippen LogP contribution in [-0.2, 0) is 25.7 Å². The zero-order valence-electron chi connectivity index (χ0n) is 28.0. The highest BCUT2D eigenvalue weighted by atomic mass is 16.2. The standard InChI is InChI=1S/C38H50N8O2/c39-29-3-9-33(10-4-29)45-17-13-25-1-7-31(21-27(25)15-19-45)43-37(47)35-23-36(42-24-41-35)38(48)44-32-8-2-26-14-18-46(20-16-28(26)22-32)34-11-5-30(40)6-12-34/h1-2,7-8,21-24,29-30,33-34H,3-6,9-20,39-40H2,(H,43,47)(H,44,48). The van der Waals surface area contributed by atoms with Crippen molar-refractivity contribution in [2.75, 3.05) is 36.8 Å². The maximum Gasteiger partial charge on any atom is 0.274 e. The molecule has 0 unspecified atom stereocenters. The maximum absolute atomic E-state index is 13.3. The third-order valence-corrected chi connectivity index (χ3v) is 11.2. The summed E-state index contributed by atoms with van der Waals surface area (Å²) in [6.07, 6.45) is 14.4. The summed E-state index contributed by atoms with van der Waals surface area (Å²) in [5, 5.41) is 5.99. The minimum Gasteiger partial charge on any atom is -0.328 e. The first-order valence-electron chi connectivity index (χ1n) is 18.1. The maximum atomic E-state index is 13.3. The van der Waals surface area contributed by atoms with Crippen molar-refractivity contribution in [3.63, 3.8) is 0 Å². The molecular weight excluding hydrogens is 600 g/mol. The van der Waals surface area contributed by atoms with Crippen LogP contribution in [0.3, 0.4) is 0 Å². The van der Waals surface area contributed by atoms with Gasteiger partial charge in [0.15, 0.2) is 0 Å². The first-order valence-corrected chi connectivity index (χ1v) is 18.1. The van der Waals surface area contributed by atoms with Crippen LogP contribution in [0.15, 0.2) is 48.8 Å². The highest BCUT2D eigenvalue weighted by Crippen LogP contribution is 2.28. The van der Waals surface area contributed by atoms with E-state index in [0.29, 0.717) is 24.2 Å². The lowest BCUT2D eigenvalue weighted by molar-refractivity contribution is 0.102. The van der Waals surface area contributed by atoms with Crippen LogP contribution in [0.25, 0.3) is 0 Å². The zero-order chi connectivity index (χ0) is 33.0. The molecule has 48 heavy (non-hydrogen) atoms. The number of carbonyl (C=O) groups is 2. The van der Waals surface area contributed by atoms with Gasteiger partial charge in [0.2, 0.25) is 0 Å². The second-order valence-electron chi connectivity index (χ2n) is 14.4. The van der Waals surface area contributed by atoms with Crippen molar-refractivity contribution in [3.05, 3.63) is 82.4 Å². The number of nitrogens with zero attached hydrogens (tertiary/aromatic N) is 4. The number of aromatic nitrogens is 2. The Hall–Kier alpha value is -3.70. The summed E-state index contributed by atoms with van der Waals surface area (Å²) in [7, 11) is 0. The van der Waals surface area contributed by atoms with Gasteiger partial charge in [-0.25, -0.2) is 9.97 Å². The second-order valence-corrected chi connectivity index (χ2v) is 14.4. The molecule has 4 aliphatic rings. The van der Waals surface area contributed by atoms with Gasteiger partial charge >= 0.3 is 0 Å². The Bertz CT molecular complexity index is 1500. The molecule has 0 saturated heterocycles. The molecule has 1 aromatic heterocycles. The zero-order valence-corrected chi connectivity index (χ0v) is 28.0. The van der Waals surface area contributed by atoms with Crippen LogP contribution in [0.2, 0.25) is 0 Å². The molecule has 0 spiro atoms. The van der Waals surface area contributed by atoms with Crippen molar-refractivity contribution in [2.24, 2.45) is 11.5 Å². The molecule has 2 saturated carbocycles. The number of hydrogen-bond acceptors (Lipinski definition) is 8. The Balaban J connectivity index is 0.949. The summed E-state index contributed by atoms with van der Waals surface area (Å²) < 4.78 is 0. The molecule has 0 radical (unpaired) electrons. The van der Waals surface area contributed by atoms with Crippen molar-refractivity contribution >= 4 is 23.2 Å². The summed E-state index contributed by atoms with van der Waals surface area (Å²) in [6.45, 7) is 4.16. The molecule has 0 atom stereocenters. The molecule has 3 heterocycles. The SMILES string of the molecule is NC1CCC(N2CCc3ccc(NC(=O)c4cc(C(=O)Nc5ccc6c(c5)CCN(C5CCC(N)CC5)CC6)ncn4)cc3CC2)CC1. The lowest BCUT2D eigenvalue weighted by atomic mass is 9.90. The van der Waals surface area contributed by atoms with Crippen molar-refractivity contribution < 1.29 is 9.59 Å². The summed E-state index contributed by atoms with van der Waals surface area (Å²) in [4.78, 5) is 40.1. The fourth-order valence-corrected chi connectivity index (χ4v) is 8.30. The van der Waals surface area contributed by atoms with E-state index in [4.69, 9.17) is 11.5 Å². The van der Waals surface area contributed by atoms with Gasteiger partial charge in [-0.05, 0) is 124 Å². The average molecular weight is 651 g/mol. The van der Waals surface area contributed by atoms with E-state index >= 15 is 0 Å². The Morgan fingerprint density at radius 1 is 0.562 bits per heavy atom. The number of hydrogen-bond donors (Lipinski definition) is 4. The number of carbonyl (C=O) groups excluding carboxylic acids is 2. The summed E-state index contributed by atoms with van der Waals surface area (Å²) >= 11 is 0. The second kappa shape index (κ2) is 14.8. The number of anilines is 2. The van der Waals surface area contributed by atoms with Gasteiger partial charge in [-0.2, -0.15) is 0 Å². The molecule has 3 aromatic rings. The number of nitrogens with one attached hydrogen (secondary N) is 2. The van der Waals surface area contributed by atoms with Gasteiger partial charge in [0, 0.05) is 67.8 Å². The highest BCUT2D eigenvalue weighted by Gasteiger charge is 2.27. The molecule has 2 aliphatic carbocycles. The minimum absolute atomic E-state index is 0.150. The van der Waals surface area contributed by atoms with Gasteiger partial charge in [0.05, 0.1) is 0 Å². The molecule has 2 aliphatic heterocycles. The quantitative estimate of drug-likeness (QED) is 0.309. The fourth-order valence-electron chi connectivity index (χ4n) is 8.30. The van der Waals surface area contributed by atoms with Crippen LogP contribution in [0.1, 0.15) is 94.6 Å². The van der Waals surface area contributed by atoms with Crippen molar-refractivity contribution in [3.8, 4) is 0 Å². The van der Waals surface area contributed by atoms with Crippen LogP contribution >= 0.6 is 0 Å². The van der Waals surface area contributed by atoms with E-state index in [0.717, 1.165) is 88.9 Å². The minimum atomic E-state index is -0.366. The highest BCUT2D eigenvalue weighted by molar-refractivity contribution is 6.07. The van der Waals surface area contributed by atoms with Crippen molar-refractivity contribution in [2.45, 2.75) is 101 Å². The average Bonchev–Trinajstić information content (AvgIpc) is 3.45. The molecule has 7 rings (SSSR count). The summed E-state index contributed by atoms with van der Waals surface area (Å²) in [5.74, 6) is -0.732. The molecule has 10 nitrogen and oxygen atoms in total. The molecule has 2 fully saturated rings. The monoisotopic (exact) mass is 650 g/mol. The molecule has 2 amide bonds. The van der Waals surface area contributed by atoms with Crippen LogP contribution in [0.5, 0.6) is 0 Å². The van der Waals surface area contributed by atoms with Crippen LogP contribution in [-0.4, -0.2) is 81.9 Å². The predicted molar refractivity (Wildman–Crippen MR) is 189 cm³/mol. The lowest BCUT2D eigenvalue weighted by Gasteiger charge is -2.35. The topological polar surface area (TPSA) is 142 Å². The Labute approximate surface area is 284 Å². The Kier molecular flexibility index (Phi) is 10.1. The fraction of sp³-hybridized carbons (Fsp3) is 0.526. The molecular formula is C38H50N8O2. The van der Waals surface area contributed by atoms with E-state index < -0.39 is 0 Å². The molecule has 2 aromatic carbocycles. The number of benzene rings is 2. The van der Waals surface area contributed by atoms with Gasteiger partial charge in [-0.1, -0.05) is 12.1 Å². The van der Waals surface area contributed by atoms with Crippen LogP contribution in [0.4, 0.5) is 11.4 Å². The van der Waals surface area contributed by atoms with Crippen LogP contribution < -0.4 is 22.1 Å². The number of amides is 2. The van der Waals surface area contributed by atoms with Crippen LogP contribution in [0, 0.1) is 0 Å². The largest absolute Gasteiger partial charge is 0.328 e. The number of rotatable bonds is 6.